The fraction of sp³-hybridized carbons (Fsp3) is 0.231. The molecule has 0 saturated carbocycles. The van der Waals surface area contributed by atoms with E-state index in [1.807, 2.05) is 0 Å². The molecule has 1 aromatic carbocycles. The number of hydrogen-bond donors (Lipinski definition) is 4. The third-order valence-electron chi connectivity index (χ3n) is 2.66. The number of imidazole rings is 1. The van der Waals surface area contributed by atoms with Crippen LogP contribution in [0.3, 0.4) is 0 Å². The maximum absolute atomic E-state index is 11.6. The lowest BCUT2D eigenvalue weighted by molar-refractivity contribution is -0.121. The molecule has 98 valence electrons. The molecule has 2 rings (SSSR count). The van der Waals surface area contributed by atoms with Crippen molar-refractivity contribution < 1.29 is 4.79 Å². The predicted octanol–water partition coefficient (Wildman–Crippen LogP) is 0.406. The van der Waals surface area contributed by atoms with Gasteiger partial charge in [-0.1, -0.05) is 5.92 Å². The van der Waals surface area contributed by atoms with Gasteiger partial charge in [0.05, 0.1) is 17.6 Å². The lowest BCUT2D eigenvalue weighted by atomic mass is 10.2. The fourth-order valence-electron chi connectivity index (χ4n) is 1.73. The Morgan fingerprint density at radius 3 is 2.89 bits per heavy atom. The minimum atomic E-state index is -0.420. The molecule has 0 aliphatic rings. The number of benzene rings is 1. The number of terminal acetylenes is 1. The number of aromatic nitrogens is 2. The van der Waals surface area contributed by atoms with Gasteiger partial charge >= 0.3 is 5.69 Å². The highest BCUT2D eigenvalue weighted by atomic mass is 16.2. The molecular formula is C13H14N4O2. The number of rotatable bonds is 4. The Morgan fingerprint density at radius 1 is 1.42 bits per heavy atom. The van der Waals surface area contributed by atoms with Gasteiger partial charge in [-0.15, -0.1) is 6.42 Å². The number of carbonyl (C=O) groups is 1. The summed E-state index contributed by atoms with van der Waals surface area (Å²) in [5, 5.41) is 5.63. The van der Waals surface area contributed by atoms with E-state index in [-0.39, 0.29) is 18.1 Å². The van der Waals surface area contributed by atoms with E-state index in [1.165, 1.54) is 0 Å². The number of aromatic amines is 2. The van der Waals surface area contributed by atoms with Crippen molar-refractivity contribution in [1.82, 2.24) is 15.3 Å². The molecular weight excluding hydrogens is 244 g/mol. The Bertz CT molecular complexity index is 692. The van der Waals surface area contributed by atoms with Crippen LogP contribution < -0.4 is 16.3 Å². The van der Waals surface area contributed by atoms with Gasteiger partial charge in [-0.05, 0) is 25.1 Å². The third kappa shape index (κ3) is 2.96. The first-order valence-corrected chi connectivity index (χ1v) is 5.80. The molecule has 0 saturated heterocycles. The first kappa shape index (κ1) is 12.8. The van der Waals surface area contributed by atoms with E-state index in [0.717, 1.165) is 11.2 Å². The van der Waals surface area contributed by atoms with Crippen LogP contribution in [0.1, 0.15) is 6.92 Å². The molecule has 1 heterocycles. The van der Waals surface area contributed by atoms with Crippen LogP contribution in [0.2, 0.25) is 0 Å². The zero-order valence-corrected chi connectivity index (χ0v) is 10.4. The number of anilines is 1. The van der Waals surface area contributed by atoms with E-state index >= 15 is 0 Å². The Balaban J connectivity index is 2.10. The van der Waals surface area contributed by atoms with E-state index in [4.69, 9.17) is 6.42 Å². The lowest BCUT2D eigenvalue weighted by Crippen LogP contribution is -2.37. The van der Waals surface area contributed by atoms with Crippen molar-refractivity contribution in [3.8, 4) is 12.3 Å². The topological polar surface area (TPSA) is 89.8 Å². The fourth-order valence-corrected chi connectivity index (χ4v) is 1.73. The summed E-state index contributed by atoms with van der Waals surface area (Å²) in [4.78, 5) is 28.1. The maximum Gasteiger partial charge on any atom is 0.323 e. The molecule has 6 heteroatoms. The summed E-state index contributed by atoms with van der Waals surface area (Å²) in [6.45, 7) is 1.94. The molecule has 0 spiro atoms. The van der Waals surface area contributed by atoms with E-state index in [0.29, 0.717) is 5.52 Å². The van der Waals surface area contributed by atoms with Gasteiger partial charge in [0.25, 0.3) is 0 Å². The van der Waals surface area contributed by atoms with Gasteiger partial charge in [0.2, 0.25) is 5.91 Å². The Hall–Kier alpha value is -2.68. The van der Waals surface area contributed by atoms with Gasteiger partial charge in [-0.3, -0.25) is 4.79 Å². The molecule has 1 atom stereocenters. The average Bonchev–Trinajstić information content (AvgIpc) is 2.75. The van der Waals surface area contributed by atoms with Crippen LogP contribution in [0.4, 0.5) is 5.69 Å². The molecule has 0 fully saturated rings. The molecule has 4 N–H and O–H groups in total. The van der Waals surface area contributed by atoms with E-state index in [2.05, 4.69) is 26.5 Å². The van der Waals surface area contributed by atoms with Gasteiger partial charge in [0.15, 0.2) is 0 Å². The van der Waals surface area contributed by atoms with Crippen LogP contribution in [-0.2, 0) is 4.79 Å². The highest BCUT2D eigenvalue weighted by Crippen LogP contribution is 2.15. The highest BCUT2D eigenvalue weighted by molar-refractivity contribution is 5.85. The van der Waals surface area contributed by atoms with Crippen LogP contribution in [0.5, 0.6) is 0 Å². The normalized spacial score (nSPS) is 11.8. The van der Waals surface area contributed by atoms with Crippen molar-refractivity contribution in [2.45, 2.75) is 13.0 Å². The zero-order valence-electron chi connectivity index (χ0n) is 10.4. The summed E-state index contributed by atoms with van der Waals surface area (Å²) in [6, 6.07) is 4.90. The number of nitrogens with one attached hydrogen (secondary N) is 4. The monoisotopic (exact) mass is 258 g/mol. The van der Waals surface area contributed by atoms with Crippen molar-refractivity contribution in [2.24, 2.45) is 0 Å². The smallest absolute Gasteiger partial charge is 0.323 e. The number of hydrogen-bond acceptors (Lipinski definition) is 3. The van der Waals surface area contributed by atoms with E-state index in [9.17, 15) is 9.59 Å². The van der Waals surface area contributed by atoms with Crippen LogP contribution in [0, 0.1) is 12.3 Å². The minimum absolute atomic E-state index is 0.180. The average molecular weight is 258 g/mol. The second kappa shape index (κ2) is 5.31. The highest BCUT2D eigenvalue weighted by Gasteiger charge is 2.11. The summed E-state index contributed by atoms with van der Waals surface area (Å²) in [7, 11) is 0. The summed E-state index contributed by atoms with van der Waals surface area (Å²) in [5.41, 5.74) is 1.89. The van der Waals surface area contributed by atoms with Crippen LogP contribution in [0.25, 0.3) is 11.0 Å². The first-order valence-electron chi connectivity index (χ1n) is 5.80. The van der Waals surface area contributed by atoms with Gasteiger partial charge in [-0.25, -0.2) is 4.79 Å². The van der Waals surface area contributed by atoms with Crippen LogP contribution in [-0.4, -0.2) is 28.5 Å². The Labute approximate surface area is 109 Å². The standard InChI is InChI=1S/C13H14N4O2/c1-3-6-14-12(18)8(2)15-9-4-5-10-11(7-9)17-13(19)16-10/h1,4-5,7-8,15H,6H2,2H3,(H,14,18)(H2,16,17,19)/t8-/m0/s1. The Morgan fingerprint density at radius 2 is 2.16 bits per heavy atom. The molecule has 0 radical (unpaired) electrons. The van der Waals surface area contributed by atoms with Gasteiger partial charge in [0, 0.05) is 5.69 Å². The zero-order chi connectivity index (χ0) is 13.8. The number of amides is 1. The van der Waals surface area contributed by atoms with Crippen molar-refractivity contribution in [2.75, 3.05) is 11.9 Å². The summed E-state index contributed by atoms with van der Waals surface area (Å²) >= 11 is 0. The molecule has 0 aliphatic heterocycles. The van der Waals surface area contributed by atoms with Gasteiger partial charge in [-0.2, -0.15) is 0 Å². The molecule has 1 amide bonds. The number of fused-ring (bicyclic) bond motifs is 1. The van der Waals surface area contributed by atoms with Gasteiger partial charge < -0.3 is 20.6 Å². The maximum atomic E-state index is 11.6. The second-order valence-corrected chi connectivity index (χ2v) is 4.13. The van der Waals surface area contributed by atoms with E-state index in [1.54, 1.807) is 25.1 Å². The molecule has 0 bridgehead atoms. The van der Waals surface area contributed by atoms with E-state index < -0.39 is 6.04 Å². The molecule has 0 aliphatic carbocycles. The van der Waals surface area contributed by atoms with Crippen molar-refractivity contribution >= 4 is 22.6 Å². The third-order valence-corrected chi connectivity index (χ3v) is 2.66. The summed E-state index contributed by atoms with van der Waals surface area (Å²) in [5.74, 6) is 2.16. The van der Waals surface area contributed by atoms with Crippen molar-refractivity contribution in [1.29, 1.82) is 0 Å². The van der Waals surface area contributed by atoms with Crippen LogP contribution in [0.15, 0.2) is 23.0 Å². The van der Waals surface area contributed by atoms with Gasteiger partial charge in [0.1, 0.15) is 6.04 Å². The molecule has 2 aromatic rings. The molecule has 0 unspecified atom stereocenters. The largest absolute Gasteiger partial charge is 0.374 e. The predicted molar refractivity (Wildman–Crippen MR) is 73.8 cm³/mol. The van der Waals surface area contributed by atoms with Crippen LogP contribution >= 0.6 is 0 Å². The molecule has 19 heavy (non-hydrogen) atoms. The summed E-state index contributed by atoms with van der Waals surface area (Å²) in [6.07, 6.45) is 5.07. The minimum Gasteiger partial charge on any atom is -0.374 e. The Kier molecular flexibility index (Phi) is 3.57. The van der Waals surface area contributed by atoms with Crippen molar-refractivity contribution in [3.05, 3.63) is 28.7 Å². The second-order valence-electron chi connectivity index (χ2n) is 4.13. The number of H-pyrrole nitrogens is 2. The quantitative estimate of drug-likeness (QED) is 0.599. The lowest BCUT2D eigenvalue weighted by Gasteiger charge is -2.14. The summed E-state index contributed by atoms with van der Waals surface area (Å²) < 4.78 is 0. The first-order chi connectivity index (χ1) is 9.10. The van der Waals surface area contributed by atoms with Crippen molar-refractivity contribution in [3.63, 3.8) is 0 Å². The SMILES string of the molecule is C#CCNC(=O)[C@H](C)Nc1ccc2[nH]c(=O)[nH]c2c1. The molecule has 1 aromatic heterocycles. The molecule has 6 nitrogen and oxygen atoms in total. The number of carbonyl (C=O) groups excluding carboxylic acids is 1.